The lowest BCUT2D eigenvalue weighted by Crippen LogP contribution is -1.91. The topological polar surface area (TPSA) is 12.9 Å². The summed E-state index contributed by atoms with van der Waals surface area (Å²) in [5, 5.41) is 0.0862. The molecule has 0 aromatic carbocycles. The Hall–Kier alpha value is -0.630. The molecular weight excluding hydrogens is 153 g/mol. The SMILES string of the molecule is Cc1ncc(Cl)c(F)c1C. The largest absolute Gasteiger partial charge is 0.260 e. The highest BCUT2D eigenvalue weighted by Gasteiger charge is 2.04. The molecule has 0 atom stereocenters. The van der Waals surface area contributed by atoms with Crippen molar-refractivity contribution in [3.05, 3.63) is 28.3 Å². The molecule has 0 aliphatic heterocycles. The number of rotatable bonds is 0. The summed E-state index contributed by atoms with van der Waals surface area (Å²) in [6.45, 7) is 3.40. The molecule has 0 fully saturated rings. The summed E-state index contributed by atoms with van der Waals surface area (Å²) in [4.78, 5) is 3.87. The van der Waals surface area contributed by atoms with E-state index >= 15 is 0 Å². The number of pyridine rings is 1. The van der Waals surface area contributed by atoms with Crippen LogP contribution in [0.3, 0.4) is 0 Å². The first-order chi connectivity index (χ1) is 4.63. The Kier molecular flexibility index (Phi) is 1.90. The summed E-state index contributed by atoms with van der Waals surface area (Å²) >= 11 is 5.45. The van der Waals surface area contributed by atoms with E-state index in [-0.39, 0.29) is 10.8 Å². The first-order valence-electron chi connectivity index (χ1n) is 2.90. The van der Waals surface area contributed by atoms with Crippen LogP contribution in [0.4, 0.5) is 4.39 Å². The van der Waals surface area contributed by atoms with Crippen LogP contribution in [0.2, 0.25) is 5.02 Å². The van der Waals surface area contributed by atoms with E-state index in [4.69, 9.17) is 11.6 Å². The molecule has 10 heavy (non-hydrogen) atoms. The normalized spacial score (nSPS) is 10.0. The Morgan fingerprint density at radius 2 is 2.10 bits per heavy atom. The molecule has 3 heteroatoms. The van der Waals surface area contributed by atoms with E-state index in [1.165, 1.54) is 6.20 Å². The summed E-state index contributed by atoms with van der Waals surface area (Å²) in [5.41, 5.74) is 1.20. The summed E-state index contributed by atoms with van der Waals surface area (Å²) in [7, 11) is 0. The molecule has 54 valence electrons. The minimum absolute atomic E-state index is 0.0862. The summed E-state index contributed by atoms with van der Waals surface area (Å²) < 4.78 is 12.8. The van der Waals surface area contributed by atoms with Gasteiger partial charge in [-0.2, -0.15) is 0 Å². The Morgan fingerprint density at radius 1 is 1.50 bits per heavy atom. The lowest BCUT2D eigenvalue weighted by molar-refractivity contribution is 0.614. The predicted octanol–water partition coefficient (Wildman–Crippen LogP) is 2.49. The van der Waals surface area contributed by atoms with Gasteiger partial charge in [-0.05, 0) is 13.8 Å². The van der Waals surface area contributed by atoms with Crippen LogP contribution in [0, 0.1) is 19.7 Å². The second-order valence-electron chi connectivity index (χ2n) is 2.13. The van der Waals surface area contributed by atoms with Crippen LogP contribution in [0.5, 0.6) is 0 Å². The second kappa shape index (κ2) is 2.54. The standard InChI is InChI=1S/C7H7ClFN/c1-4-5(2)10-3-6(8)7(4)9/h3H,1-2H3. The summed E-state index contributed by atoms with van der Waals surface area (Å²) in [6, 6.07) is 0. The van der Waals surface area contributed by atoms with Crippen molar-refractivity contribution in [3.8, 4) is 0 Å². The van der Waals surface area contributed by atoms with Gasteiger partial charge in [0.1, 0.15) is 5.82 Å². The fourth-order valence-corrected chi connectivity index (χ4v) is 0.835. The molecule has 1 rings (SSSR count). The van der Waals surface area contributed by atoms with Crippen LogP contribution in [-0.2, 0) is 0 Å². The van der Waals surface area contributed by atoms with Crippen LogP contribution >= 0.6 is 11.6 Å². The fraction of sp³-hybridized carbons (Fsp3) is 0.286. The molecule has 1 aromatic rings. The van der Waals surface area contributed by atoms with Gasteiger partial charge in [-0.25, -0.2) is 4.39 Å². The number of hydrogen-bond acceptors (Lipinski definition) is 1. The van der Waals surface area contributed by atoms with E-state index in [9.17, 15) is 4.39 Å². The van der Waals surface area contributed by atoms with Gasteiger partial charge in [-0.15, -0.1) is 0 Å². The maximum atomic E-state index is 12.8. The van der Waals surface area contributed by atoms with Gasteiger partial charge >= 0.3 is 0 Å². The fourth-order valence-electron chi connectivity index (χ4n) is 0.645. The van der Waals surface area contributed by atoms with Crippen molar-refractivity contribution in [1.29, 1.82) is 0 Å². The third-order valence-electron chi connectivity index (χ3n) is 1.45. The van der Waals surface area contributed by atoms with Gasteiger partial charge in [0.25, 0.3) is 0 Å². The highest BCUT2D eigenvalue weighted by atomic mass is 35.5. The van der Waals surface area contributed by atoms with Crippen molar-refractivity contribution in [2.45, 2.75) is 13.8 Å². The average Bonchev–Trinajstić information content (AvgIpc) is 1.93. The third-order valence-corrected chi connectivity index (χ3v) is 1.72. The second-order valence-corrected chi connectivity index (χ2v) is 2.54. The first kappa shape index (κ1) is 7.48. The molecular formula is C7H7ClFN. The molecule has 0 N–H and O–H groups in total. The lowest BCUT2D eigenvalue weighted by atomic mass is 10.2. The Labute approximate surface area is 63.8 Å². The van der Waals surface area contributed by atoms with E-state index < -0.39 is 0 Å². The average molecular weight is 160 g/mol. The van der Waals surface area contributed by atoms with Gasteiger partial charge in [0.05, 0.1) is 5.02 Å². The first-order valence-corrected chi connectivity index (χ1v) is 3.28. The Balaban J connectivity index is 3.34. The van der Waals surface area contributed by atoms with E-state index in [2.05, 4.69) is 4.98 Å². The molecule has 0 amide bonds. The predicted molar refractivity (Wildman–Crippen MR) is 38.7 cm³/mol. The highest BCUT2D eigenvalue weighted by molar-refractivity contribution is 6.30. The molecule has 0 unspecified atom stereocenters. The summed E-state index contributed by atoms with van der Waals surface area (Å²) in [6.07, 6.45) is 1.32. The van der Waals surface area contributed by atoms with Crippen LogP contribution in [0.15, 0.2) is 6.20 Å². The lowest BCUT2D eigenvalue weighted by Gasteiger charge is -2.00. The maximum absolute atomic E-state index is 12.8. The van der Waals surface area contributed by atoms with Gasteiger partial charge < -0.3 is 0 Å². The van der Waals surface area contributed by atoms with Crippen molar-refractivity contribution in [2.75, 3.05) is 0 Å². The van der Waals surface area contributed by atoms with Gasteiger partial charge in [0.15, 0.2) is 0 Å². The van der Waals surface area contributed by atoms with E-state index in [1.54, 1.807) is 13.8 Å². The summed E-state index contributed by atoms with van der Waals surface area (Å²) in [5.74, 6) is -0.367. The zero-order valence-electron chi connectivity index (χ0n) is 5.78. The Bertz CT molecular complexity index is 233. The van der Waals surface area contributed by atoms with E-state index in [1.807, 2.05) is 0 Å². The number of nitrogens with zero attached hydrogens (tertiary/aromatic N) is 1. The van der Waals surface area contributed by atoms with E-state index in [0.717, 1.165) is 0 Å². The van der Waals surface area contributed by atoms with Crippen LogP contribution in [-0.4, -0.2) is 4.98 Å². The molecule has 1 aromatic heterocycles. The number of hydrogen-bond donors (Lipinski definition) is 0. The molecule has 0 saturated heterocycles. The van der Waals surface area contributed by atoms with Crippen molar-refractivity contribution in [2.24, 2.45) is 0 Å². The zero-order chi connectivity index (χ0) is 7.72. The smallest absolute Gasteiger partial charge is 0.148 e. The van der Waals surface area contributed by atoms with Crippen molar-refractivity contribution in [3.63, 3.8) is 0 Å². The molecule has 0 spiro atoms. The van der Waals surface area contributed by atoms with Gasteiger partial charge in [0, 0.05) is 17.5 Å². The monoisotopic (exact) mass is 159 g/mol. The van der Waals surface area contributed by atoms with Crippen LogP contribution in [0.1, 0.15) is 11.3 Å². The van der Waals surface area contributed by atoms with Crippen molar-refractivity contribution in [1.82, 2.24) is 4.98 Å². The van der Waals surface area contributed by atoms with Crippen LogP contribution < -0.4 is 0 Å². The maximum Gasteiger partial charge on any atom is 0.148 e. The molecule has 0 radical (unpaired) electrons. The quantitative estimate of drug-likeness (QED) is 0.567. The molecule has 1 nitrogen and oxygen atoms in total. The third kappa shape index (κ3) is 1.12. The molecule has 0 aliphatic rings. The van der Waals surface area contributed by atoms with Crippen molar-refractivity contribution >= 4 is 11.6 Å². The molecule has 1 heterocycles. The molecule has 0 saturated carbocycles. The Morgan fingerprint density at radius 3 is 2.60 bits per heavy atom. The minimum atomic E-state index is -0.367. The minimum Gasteiger partial charge on any atom is -0.260 e. The molecule has 0 bridgehead atoms. The highest BCUT2D eigenvalue weighted by Crippen LogP contribution is 2.17. The van der Waals surface area contributed by atoms with E-state index in [0.29, 0.717) is 11.3 Å². The molecule has 0 aliphatic carbocycles. The van der Waals surface area contributed by atoms with Crippen LogP contribution in [0.25, 0.3) is 0 Å². The zero-order valence-corrected chi connectivity index (χ0v) is 6.54. The van der Waals surface area contributed by atoms with Gasteiger partial charge in [-0.3, -0.25) is 4.98 Å². The van der Waals surface area contributed by atoms with Gasteiger partial charge in [0.2, 0.25) is 0 Å². The van der Waals surface area contributed by atoms with Crippen molar-refractivity contribution < 1.29 is 4.39 Å². The number of aromatic nitrogens is 1. The van der Waals surface area contributed by atoms with Gasteiger partial charge in [-0.1, -0.05) is 11.6 Å². The number of aryl methyl sites for hydroxylation is 1. The number of halogens is 2.